The van der Waals surface area contributed by atoms with Crippen LogP contribution in [0.5, 0.6) is 0 Å². The maximum absolute atomic E-state index is 12.3. The van der Waals surface area contributed by atoms with Crippen molar-refractivity contribution in [2.24, 2.45) is 0 Å². The molecule has 4 heteroatoms. The summed E-state index contributed by atoms with van der Waals surface area (Å²) in [5.41, 5.74) is 0.803. The SMILES string of the molecule is O=C(Cc1ccccn1)N1CCOC2(CCCC2)C1. The van der Waals surface area contributed by atoms with E-state index in [2.05, 4.69) is 4.98 Å². The summed E-state index contributed by atoms with van der Waals surface area (Å²) in [6.07, 6.45) is 6.78. The molecule has 1 saturated heterocycles. The molecule has 0 unspecified atom stereocenters. The molecule has 0 atom stereocenters. The van der Waals surface area contributed by atoms with Gasteiger partial charge in [-0.05, 0) is 25.0 Å². The first kappa shape index (κ1) is 12.6. The quantitative estimate of drug-likeness (QED) is 0.814. The first-order valence-electron chi connectivity index (χ1n) is 7.09. The number of nitrogens with zero attached hydrogens (tertiary/aromatic N) is 2. The predicted octanol–water partition coefficient (Wildman–Crippen LogP) is 1.80. The zero-order valence-corrected chi connectivity index (χ0v) is 11.2. The lowest BCUT2D eigenvalue weighted by molar-refractivity contribution is -0.149. The van der Waals surface area contributed by atoms with Crippen molar-refractivity contribution in [2.45, 2.75) is 37.7 Å². The van der Waals surface area contributed by atoms with Gasteiger partial charge >= 0.3 is 0 Å². The fraction of sp³-hybridized carbons (Fsp3) is 0.600. The van der Waals surface area contributed by atoms with Crippen molar-refractivity contribution in [1.29, 1.82) is 0 Å². The second-order valence-electron chi connectivity index (χ2n) is 5.55. The van der Waals surface area contributed by atoms with Crippen LogP contribution in [0.2, 0.25) is 0 Å². The minimum Gasteiger partial charge on any atom is -0.371 e. The summed E-state index contributed by atoms with van der Waals surface area (Å²) in [6.45, 7) is 2.15. The highest BCUT2D eigenvalue weighted by atomic mass is 16.5. The predicted molar refractivity (Wildman–Crippen MR) is 71.7 cm³/mol. The second kappa shape index (κ2) is 5.29. The van der Waals surface area contributed by atoms with Crippen LogP contribution in [0.4, 0.5) is 0 Å². The van der Waals surface area contributed by atoms with Gasteiger partial charge in [0, 0.05) is 25.0 Å². The second-order valence-corrected chi connectivity index (χ2v) is 5.55. The Hall–Kier alpha value is -1.42. The molecule has 1 spiro atoms. The number of aromatic nitrogens is 1. The van der Waals surface area contributed by atoms with E-state index < -0.39 is 0 Å². The van der Waals surface area contributed by atoms with Gasteiger partial charge in [-0.3, -0.25) is 9.78 Å². The molecule has 1 aliphatic heterocycles. The number of ether oxygens (including phenoxy) is 1. The van der Waals surface area contributed by atoms with Crippen molar-refractivity contribution in [2.75, 3.05) is 19.7 Å². The molecule has 0 radical (unpaired) electrons. The standard InChI is InChI=1S/C15H20N2O2/c18-14(11-13-5-1-4-8-16-13)17-9-10-19-15(12-17)6-2-3-7-15/h1,4-5,8H,2-3,6-7,9-12H2. The lowest BCUT2D eigenvalue weighted by Crippen LogP contribution is -2.52. The highest BCUT2D eigenvalue weighted by molar-refractivity contribution is 5.78. The topological polar surface area (TPSA) is 42.4 Å². The van der Waals surface area contributed by atoms with Crippen molar-refractivity contribution in [3.63, 3.8) is 0 Å². The monoisotopic (exact) mass is 260 g/mol. The fourth-order valence-corrected chi connectivity index (χ4v) is 3.15. The van der Waals surface area contributed by atoms with Crippen LogP contribution in [-0.4, -0.2) is 41.1 Å². The van der Waals surface area contributed by atoms with E-state index in [1.54, 1.807) is 6.20 Å². The highest BCUT2D eigenvalue weighted by Gasteiger charge is 2.40. The van der Waals surface area contributed by atoms with Crippen LogP contribution in [0.25, 0.3) is 0 Å². The van der Waals surface area contributed by atoms with Crippen LogP contribution in [0.15, 0.2) is 24.4 Å². The molecule has 2 heterocycles. The molecule has 1 saturated carbocycles. The minimum absolute atomic E-state index is 0.0436. The smallest absolute Gasteiger partial charge is 0.228 e. The summed E-state index contributed by atoms with van der Waals surface area (Å²) in [5, 5.41) is 0. The van der Waals surface area contributed by atoms with Crippen molar-refractivity contribution >= 4 is 5.91 Å². The van der Waals surface area contributed by atoms with Gasteiger partial charge in [0.15, 0.2) is 0 Å². The van der Waals surface area contributed by atoms with Crippen LogP contribution in [0, 0.1) is 0 Å². The summed E-state index contributed by atoms with van der Waals surface area (Å²) in [5.74, 6) is 0.174. The first-order valence-corrected chi connectivity index (χ1v) is 7.09. The van der Waals surface area contributed by atoms with E-state index in [-0.39, 0.29) is 11.5 Å². The number of morpholine rings is 1. The summed E-state index contributed by atoms with van der Waals surface area (Å²) in [4.78, 5) is 18.5. The molecular weight excluding hydrogens is 240 g/mol. The molecule has 19 heavy (non-hydrogen) atoms. The Morgan fingerprint density at radius 1 is 1.37 bits per heavy atom. The average molecular weight is 260 g/mol. The Morgan fingerprint density at radius 3 is 2.95 bits per heavy atom. The normalized spacial score (nSPS) is 21.8. The van der Waals surface area contributed by atoms with Crippen LogP contribution >= 0.6 is 0 Å². The molecule has 102 valence electrons. The van der Waals surface area contributed by atoms with E-state index in [4.69, 9.17) is 4.74 Å². The summed E-state index contributed by atoms with van der Waals surface area (Å²) < 4.78 is 5.95. The van der Waals surface area contributed by atoms with Crippen molar-refractivity contribution in [3.05, 3.63) is 30.1 Å². The molecule has 0 bridgehead atoms. The Morgan fingerprint density at radius 2 is 2.21 bits per heavy atom. The van der Waals surface area contributed by atoms with Gasteiger partial charge in [0.2, 0.25) is 5.91 Å². The van der Waals surface area contributed by atoms with E-state index in [0.29, 0.717) is 19.6 Å². The molecule has 1 aromatic rings. The molecule has 2 fully saturated rings. The zero-order chi connectivity index (χ0) is 13.1. The van der Waals surface area contributed by atoms with Gasteiger partial charge in [0.1, 0.15) is 0 Å². The third-order valence-electron chi connectivity index (χ3n) is 4.17. The van der Waals surface area contributed by atoms with Gasteiger partial charge in [-0.1, -0.05) is 18.9 Å². The maximum Gasteiger partial charge on any atom is 0.228 e. The van der Waals surface area contributed by atoms with E-state index >= 15 is 0 Å². The van der Waals surface area contributed by atoms with Crippen molar-refractivity contribution in [3.8, 4) is 0 Å². The van der Waals surface area contributed by atoms with Crippen LogP contribution in [0.3, 0.4) is 0 Å². The van der Waals surface area contributed by atoms with Crippen molar-refractivity contribution < 1.29 is 9.53 Å². The van der Waals surface area contributed by atoms with Gasteiger partial charge in [-0.25, -0.2) is 0 Å². The Kier molecular flexibility index (Phi) is 3.51. The molecule has 1 aromatic heterocycles. The van der Waals surface area contributed by atoms with E-state index in [1.807, 2.05) is 23.1 Å². The number of carbonyl (C=O) groups is 1. The Bertz CT molecular complexity index is 441. The molecule has 1 amide bonds. The van der Waals surface area contributed by atoms with Crippen molar-refractivity contribution in [1.82, 2.24) is 9.88 Å². The minimum atomic E-state index is -0.0436. The van der Waals surface area contributed by atoms with Gasteiger partial charge in [-0.2, -0.15) is 0 Å². The van der Waals surface area contributed by atoms with Crippen LogP contribution in [-0.2, 0) is 16.0 Å². The number of rotatable bonds is 2. The van der Waals surface area contributed by atoms with Gasteiger partial charge in [0.05, 0.1) is 18.6 Å². The number of carbonyl (C=O) groups excluding carboxylic acids is 1. The molecule has 1 aliphatic carbocycles. The number of hydrogen-bond donors (Lipinski definition) is 0. The fourth-order valence-electron chi connectivity index (χ4n) is 3.15. The molecular formula is C15H20N2O2. The van der Waals surface area contributed by atoms with Gasteiger partial charge in [0.25, 0.3) is 0 Å². The highest BCUT2D eigenvalue weighted by Crippen LogP contribution is 2.35. The average Bonchev–Trinajstić information content (AvgIpc) is 2.88. The van der Waals surface area contributed by atoms with Gasteiger partial charge < -0.3 is 9.64 Å². The number of pyridine rings is 1. The number of hydrogen-bond acceptors (Lipinski definition) is 3. The first-order chi connectivity index (χ1) is 9.27. The third-order valence-corrected chi connectivity index (χ3v) is 4.17. The third kappa shape index (κ3) is 2.78. The van der Waals surface area contributed by atoms with Crippen LogP contribution in [0.1, 0.15) is 31.4 Å². The van der Waals surface area contributed by atoms with E-state index in [1.165, 1.54) is 12.8 Å². The molecule has 4 nitrogen and oxygen atoms in total. The maximum atomic E-state index is 12.3. The van der Waals surface area contributed by atoms with E-state index in [9.17, 15) is 4.79 Å². The summed E-state index contributed by atoms with van der Waals surface area (Å²) >= 11 is 0. The molecule has 0 N–H and O–H groups in total. The Balaban J connectivity index is 1.63. The van der Waals surface area contributed by atoms with E-state index in [0.717, 1.165) is 25.1 Å². The van der Waals surface area contributed by atoms with Gasteiger partial charge in [-0.15, -0.1) is 0 Å². The van der Waals surface area contributed by atoms with Crippen LogP contribution < -0.4 is 0 Å². The molecule has 0 aromatic carbocycles. The lowest BCUT2D eigenvalue weighted by Gasteiger charge is -2.40. The molecule has 2 aliphatic rings. The zero-order valence-electron chi connectivity index (χ0n) is 11.2. The molecule has 3 rings (SSSR count). The Labute approximate surface area is 113 Å². The lowest BCUT2D eigenvalue weighted by atomic mass is 9.99. The summed E-state index contributed by atoms with van der Waals surface area (Å²) in [6, 6.07) is 5.70. The summed E-state index contributed by atoms with van der Waals surface area (Å²) in [7, 11) is 0. The largest absolute Gasteiger partial charge is 0.371 e. The number of amides is 1.